The van der Waals surface area contributed by atoms with Crippen LogP contribution in [0.1, 0.15) is 37.1 Å². The van der Waals surface area contributed by atoms with Gasteiger partial charge >= 0.3 is 0 Å². The molecule has 7 heteroatoms. The van der Waals surface area contributed by atoms with E-state index < -0.39 is 0 Å². The van der Waals surface area contributed by atoms with Crippen LogP contribution in [0.2, 0.25) is 0 Å². The predicted octanol–water partition coefficient (Wildman–Crippen LogP) is 1.44. The van der Waals surface area contributed by atoms with E-state index in [-0.39, 0.29) is 6.04 Å². The van der Waals surface area contributed by atoms with Crippen LogP contribution in [-0.4, -0.2) is 55.2 Å². The standard InChI is InChI=1S/C17H31N5O2/c1-12(11-23-4)20-17(18)19-9-15-5-7-22(8-6-15)10-16-21-13(2)14(3)24-16/h12,15H,5-11H2,1-4H3,(H3,18,19,20). The second kappa shape index (κ2) is 9.03. The van der Waals surface area contributed by atoms with E-state index in [1.165, 1.54) is 0 Å². The van der Waals surface area contributed by atoms with Crippen molar-refractivity contribution in [3.05, 3.63) is 17.3 Å². The molecule has 0 aromatic carbocycles. The summed E-state index contributed by atoms with van der Waals surface area (Å²) < 4.78 is 10.7. The third-order valence-electron chi connectivity index (χ3n) is 4.47. The molecule has 1 unspecified atom stereocenters. The molecule has 0 spiro atoms. The van der Waals surface area contributed by atoms with E-state index in [9.17, 15) is 0 Å². The fourth-order valence-corrected chi connectivity index (χ4v) is 2.94. The van der Waals surface area contributed by atoms with E-state index in [1.807, 2.05) is 20.8 Å². The van der Waals surface area contributed by atoms with E-state index in [0.717, 1.165) is 56.4 Å². The summed E-state index contributed by atoms with van der Waals surface area (Å²) in [5.74, 6) is 2.84. The first-order chi connectivity index (χ1) is 11.5. The third-order valence-corrected chi connectivity index (χ3v) is 4.47. The largest absolute Gasteiger partial charge is 0.444 e. The van der Waals surface area contributed by atoms with Crippen molar-refractivity contribution in [1.29, 1.82) is 0 Å². The van der Waals surface area contributed by atoms with Crippen molar-refractivity contribution in [3.63, 3.8) is 0 Å². The Morgan fingerprint density at radius 2 is 2.17 bits per heavy atom. The second-order valence-electron chi connectivity index (χ2n) is 6.70. The number of rotatable bonds is 7. The Hall–Kier alpha value is -1.60. The van der Waals surface area contributed by atoms with Gasteiger partial charge < -0.3 is 20.2 Å². The van der Waals surface area contributed by atoms with Crippen molar-refractivity contribution < 1.29 is 9.15 Å². The first-order valence-electron chi connectivity index (χ1n) is 8.68. The molecule has 1 aliphatic rings. The molecule has 2 heterocycles. The highest BCUT2D eigenvalue weighted by Gasteiger charge is 2.20. The number of aryl methyl sites for hydroxylation is 2. The number of nitrogens with one attached hydrogen (secondary N) is 1. The lowest BCUT2D eigenvalue weighted by molar-refractivity contribution is 0.166. The van der Waals surface area contributed by atoms with Gasteiger partial charge in [0, 0.05) is 19.7 Å². The highest BCUT2D eigenvalue weighted by Crippen LogP contribution is 2.20. The molecular weight excluding hydrogens is 306 g/mol. The van der Waals surface area contributed by atoms with Gasteiger partial charge in [-0.3, -0.25) is 9.89 Å². The number of guanidine groups is 1. The van der Waals surface area contributed by atoms with Crippen LogP contribution >= 0.6 is 0 Å². The van der Waals surface area contributed by atoms with E-state index in [2.05, 4.69) is 20.2 Å². The van der Waals surface area contributed by atoms with Crippen LogP contribution in [0.4, 0.5) is 0 Å². The zero-order valence-electron chi connectivity index (χ0n) is 15.3. The molecule has 7 nitrogen and oxygen atoms in total. The highest BCUT2D eigenvalue weighted by molar-refractivity contribution is 5.78. The first-order valence-corrected chi connectivity index (χ1v) is 8.68. The molecule has 1 saturated heterocycles. The van der Waals surface area contributed by atoms with E-state index >= 15 is 0 Å². The van der Waals surface area contributed by atoms with Crippen molar-refractivity contribution in [2.24, 2.45) is 16.6 Å². The summed E-state index contributed by atoms with van der Waals surface area (Å²) in [6.07, 6.45) is 2.26. The lowest BCUT2D eigenvalue weighted by atomic mass is 9.97. The number of likely N-dealkylation sites (tertiary alicyclic amines) is 1. The van der Waals surface area contributed by atoms with Crippen LogP contribution in [-0.2, 0) is 11.3 Å². The number of hydrogen-bond acceptors (Lipinski definition) is 5. The zero-order valence-corrected chi connectivity index (χ0v) is 15.3. The van der Waals surface area contributed by atoms with E-state index in [1.54, 1.807) is 7.11 Å². The van der Waals surface area contributed by atoms with Crippen LogP contribution in [0.5, 0.6) is 0 Å². The van der Waals surface area contributed by atoms with Gasteiger partial charge in [-0.15, -0.1) is 0 Å². The van der Waals surface area contributed by atoms with Crippen molar-refractivity contribution >= 4 is 5.96 Å². The summed E-state index contributed by atoms with van der Waals surface area (Å²) in [4.78, 5) is 11.3. The molecule has 2 rings (SSSR count). The minimum atomic E-state index is 0.174. The molecule has 1 aromatic heterocycles. The number of methoxy groups -OCH3 is 1. The Morgan fingerprint density at radius 1 is 1.46 bits per heavy atom. The van der Waals surface area contributed by atoms with Gasteiger partial charge in [0.05, 0.1) is 18.8 Å². The van der Waals surface area contributed by atoms with Crippen molar-refractivity contribution in [2.45, 2.75) is 46.2 Å². The first kappa shape index (κ1) is 18.7. The lowest BCUT2D eigenvalue weighted by Gasteiger charge is -2.30. The van der Waals surface area contributed by atoms with Crippen molar-refractivity contribution in [3.8, 4) is 0 Å². The van der Waals surface area contributed by atoms with Crippen LogP contribution in [0.3, 0.4) is 0 Å². The summed E-state index contributed by atoms with van der Waals surface area (Å²) in [5, 5.41) is 3.14. The molecule has 0 bridgehead atoms. The monoisotopic (exact) mass is 337 g/mol. The molecule has 1 atom stereocenters. The van der Waals surface area contributed by atoms with Crippen LogP contribution in [0, 0.1) is 19.8 Å². The number of ether oxygens (including phenoxy) is 1. The maximum atomic E-state index is 5.92. The Balaban J connectivity index is 1.70. The Labute approximate surface area is 144 Å². The summed E-state index contributed by atoms with van der Waals surface area (Å²) >= 11 is 0. The zero-order chi connectivity index (χ0) is 17.5. The molecule has 1 fully saturated rings. The number of nitrogens with two attached hydrogens (primary N) is 1. The smallest absolute Gasteiger partial charge is 0.208 e. The number of aromatic nitrogens is 1. The number of oxazole rings is 1. The van der Waals surface area contributed by atoms with Gasteiger partial charge in [0.15, 0.2) is 5.96 Å². The SMILES string of the molecule is COCC(C)NC(N)=NCC1CCN(Cc2nc(C)c(C)o2)CC1. The summed E-state index contributed by atoms with van der Waals surface area (Å²) in [6, 6.07) is 0.174. The van der Waals surface area contributed by atoms with Gasteiger partial charge in [-0.25, -0.2) is 4.98 Å². The minimum Gasteiger partial charge on any atom is -0.444 e. The number of nitrogens with zero attached hydrogens (tertiary/aromatic N) is 3. The highest BCUT2D eigenvalue weighted by atomic mass is 16.5. The predicted molar refractivity (Wildman–Crippen MR) is 94.9 cm³/mol. The molecular formula is C17H31N5O2. The number of aliphatic imine (C=N–C) groups is 1. The van der Waals surface area contributed by atoms with Crippen LogP contribution in [0.15, 0.2) is 9.41 Å². The lowest BCUT2D eigenvalue weighted by Crippen LogP contribution is -2.41. The fraction of sp³-hybridized carbons (Fsp3) is 0.765. The number of hydrogen-bond donors (Lipinski definition) is 2. The summed E-state index contributed by atoms with van der Waals surface area (Å²) in [5.41, 5.74) is 6.91. The van der Waals surface area contributed by atoms with E-state index in [4.69, 9.17) is 14.9 Å². The van der Waals surface area contributed by atoms with Crippen molar-refractivity contribution in [1.82, 2.24) is 15.2 Å². The average molecular weight is 337 g/mol. The number of piperidine rings is 1. The Morgan fingerprint density at radius 3 is 2.75 bits per heavy atom. The van der Waals surface area contributed by atoms with Gasteiger partial charge in [-0.1, -0.05) is 0 Å². The normalized spacial score (nSPS) is 18.8. The maximum Gasteiger partial charge on any atom is 0.208 e. The average Bonchev–Trinajstić information content (AvgIpc) is 2.84. The molecule has 0 radical (unpaired) electrons. The van der Waals surface area contributed by atoms with Gasteiger partial charge in [0.1, 0.15) is 5.76 Å². The van der Waals surface area contributed by atoms with Gasteiger partial charge in [0.2, 0.25) is 5.89 Å². The third kappa shape index (κ3) is 5.79. The van der Waals surface area contributed by atoms with Gasteiger partial charge in [-0.2, -0.15) is 0 Å². The van der Waals surface area contributed by atoms with Gasteiger partial charge in [-0.05, 0) is 52.6 Å². The fourth-order valence-electron chi connectivity index (χ4n) is 2.94. The molecule has 0 aliphatic carbocycles. The van der Waals surface area contributed by atoms with Crippen molar-refractivity contribution in [2.75, 3.05) is 33.4 Å². The molecule has 136 valence electrons. The Kier molecular flexibility index (Phi) is 7.05. The summed E-state index contributed by atoms with van der Waals surface area (Å²) in [7, 11) is 1.68. The minimum absolute atomic E-state index is 0.174. The van der Waals surface area contributed by atoms with E-state index in [0.29, 0.717) is 18.5 Å². The Bertz CT molecular complexity index is 516. The van der Waals surface area contributed by atoms with Crippen LogP contribution < -0.4 is 11.1 Å². The maximum absolute atomic E-state index is 5.92. The quantitative estimate of drug-likeness (QED) is 0.578. The second-order valence-corrected chi connectivity index (χ2v) is 6.70. The molecule has 0 saturated carbocycles. The molecule has 24 heavy (non-hydrogen) atoms. The molecule has 1 aromatic rings. The molecule has 1 aliphatic heterocycles. The topological polar surface area (TPSA) is 88.9 Å². The molecule has 3 N–H and O–H groups in total. The molecule has 0 amide bonds. The van der Waals surface area contributed by atoms with Crippen LogP contribution in [0.25, 0.3) is 0 Å². The summed E-state index contributed by atoms with van der Waals surface area (Å²) in [6.45, 7) is 10.3. The van der Waals surface area contributed by atoms with Gasteiger partial charge in [0.25, 0.3) is 0 Å².